The first-order chi connectivity index (χ1) is 6.63. The average molecular weight is 259 g/mol. The monoisotopic (exact) mass is 258 g/mol. The summed E-state index contributed by atoms with van der Waals surface area (Å²) in [5.74, 6) is -0.374. The van der Waals surface area contributed by atoms with E-state index in [1.165, 1.54) is 0 Å². The van der Waals surface area contributed by atoms with Gasteiger partial charge in [0.15, 0.2) is 6.10 Å². The van der Waals surface area contributed by atoms with Gasteiger partial charge >= 0.3 is 5.97 Å². The lowest BCUT2D eigenvalue weighted by Gasteiger charge is -2.12. The van der Waals surface area contributed by atoms with Gasteiger partial charge in [0, 0.05) is 4.47 Å². The number of hydrogen-bond acceptors (Lipinski definition) is 2. The van der Waals surface area contributed by atoms with Crippen LogP contribution in [-0.2, 0) is 4.79 Å². The molecule has 3 nitrogen and oxygen atoms in total. The van der Waals surface area contributed by atoms with Crippen LogP contribution < -0.4 is 4.74 Å². The number of halogens is 1. The van der Waals surface area contributed by atoms with Gasteiger partial charge in [0.2, 0.25) is 0 Å². The predicted octanol–water partition coefficient (Wildman–Crippen LogP) is 2.69. The largest absolute Gasteiger partial charge is 0.479 e. The Morgan fingerprint density at radius 1 is 1.64 bits per heavy atom. The Morgan fingerprint density at radius 2 is 2.36 bits per heavy atom. The molecule has 1 rings (SSSR count). The highest BCUT2D eigenvalue weighted by atomic mass is 79.9. The molecule has 14 heavy (non-hydrogen) atoms. The Kier molecular flexibility index (Phi) is 3.95. The summed E-state index contributed by atoms with van der Waals surface area (Å²) in [6, 6.07) is 7.13. The van der Waals surface area contributed by atoms with Crippen molar-refractivity contribution in [1.82, 2.24) is 0 Å². The Hall–Kier alpha value is -1.03. The fraction of sp³-hybridized carbons (Fsp3) is 0.300. The van der Waals surface area contributed by atoms with E-state index in [4.69, 9.17) is 9.84 Å². The number of aliphatic carboxylic acids is 1. The Morgan fingerprint density at radius 3 is 2.86 bits per heavy atom. The van der Waals surface area contributed by atoms with E-state index in [1.54, 1.807) is 25.1 Å². The number of ether oxygens (including phenoxy) is 1. The third-order valence-electron chi connectivity index (χ3n) is 1.72. The molecular weight excluding hydrogens is 248 g/mol. The van der Waals surface area contributed by atoms with Crippen LogP contribution in [0.5, 0.6) is 5.75 Å². The van der Waals surface area contributed by atoms with E-state index in [2.05, 4.69) is 15.9 Å². The summed E-state index contributed by atoms with van der Waals surface area (Å²) in [7, 11) is 0. The van der Waals surface area contributed by atoms with Crippen LogP contribution in [0, 0.1) is 0 Å². The predicted molar refractivity (Wildman–Crippen MR) is 56.5 cm³/mol. The van der Waals surface area contributed by atoms with Gasteiger partial charge in [0.25, 0.3) is 0 Å². The van der Waals surface area contributed by atoms with Crippen molar-refractivity contribution in [3.8, 4) is 5.75 Å². The minimum Gasteiger partial charge on any atom is -0.479 e. The summed E-state index contributed by atoms with van der Waals surface area (Å²) in [5.41, 5.74) is 0. The quantitative estimate of drug-likeness (QED) is 0.904. The molecule has 0 heterocycles. The van der Waals surface area contributed by atoms with E-state index in [0.29, 0.717) is 12.2 Å². The number of carboxylic acids is 1. The molecule has 0 aliphatic carbocycles. The van der Waals surface area contributed by atoms with Crippen LogP contribution in [0.4, 0.5) is 0 Å². The SMILES string of the molecule is CCC(Oc1cccc(Br)c1)C(=O)O. The van der Waals surface area contributed by atoms with Gasteiger partial charge in [-0.05, 0) is 24.6 Å². The van der Waals surface area contributed by atoms with Crippen LogP contribution in [0.1, 0.15) is 13.3 Å². The van der Waals surface area contributed by atoms with Crippen molar-refractivity contribution in [3.05, 3.63) is 28.7 Å². The molecule has 76 valence electrons. The Bertz CT molecular complexity index is 325. The number of rotatable bonds is 4. The molecule has 1 aromatic carbocycles. The maximum atomic E-state index is 10.7. The summed E-state index contributed by atoms with van der Waals surface area (Å²) in [6.07, 6.45) is -0.328. The zero-order valence-corrected chi connectivity index (χ0v) is 9.32. The van der Waals surface area contributed by atoms with E-state index in [0.717, 1.165) is 4.47 Å². The van der Waals surface area contributed by atoms with Gasteiger partial charge in [0.05, 0.1) is 0 Å². The standard InChI is InChI=1S/C10H11BrO3/c1-2-9(10(12)13)14-8-5-3-4-7(11)6-8/h3-6,9H,2H2,1H3,(H,12,13). The summed E-state index contributed by atoms with van der Waals surface area (Å²) < 4.78 is 6.15. The first-order valence-electron chi connectivity index (χ1n) is 4.28. The smallest absolute Gasteiger partial charge is 0.344 e. The van der Waals surface area contributed by atoms with Gasteiger partial charge in [-0.25, -0.2) is 4.79 Å². The summed E-state index contributed by atoms with van der Waals surface area (Å²) in [4.78, 5) is 10.7. The van der Waals surface area contributed by atoms with E-state index in [-0.39, 0.29) is 0 Å². The molecular formula is C10H11BrO3. The number of carboxylic acid groups (broad SMARTS) is 1. The van der Waals surface area contributed by atoms with Crippen molar-refractivity contribution in [2.75, 3.05) is 0 Å². The van der Waals surface area contributed by atoms with Gasteiger partial charge < -0.3 is 9.84 Å². The fourth-order valence-corrected chi connectivity index (χ4v) is 1.39. The highest BCUT2D eigenvalue weighted by Gasteiger charge is 2.16. The van der Waals surface area contributed by atoms with Gasteiger partial charge in [0.1, 0.15) is 5.75 Å². The normalized spacial score (nSPS) is 12.1. The molecule has 0 saturated heterocycles. The van der Waals surface area contributed by atoms with Crippen LogP contribution >= 0.6 is 15.9 Å². The van der Waals surface area contributed by atoms with Crippen molar-refractivity contribution < 1.29 is 14.6 Å². The number of hydrogen-bond donors (Lipinski definition) is 1. The first-order valence-corrected chi connectivity index (χ1v) is 5.07. The molecule has 0 aliphatic heterocycles. The van der Waals surface area contributed by atoms with Crippen LogP contribution in [0.25, 0.3) is 0 Å². The molecule has 1 N–H and O–H groups in total. The molecule has 0 bridgehead atoms. The lowest BCUT2D eigenvalue weighted by molar-refractivity contribution is -0.145. The molecule has 0 fully saturated rings. The lowest BCUT2D eigenvalue weighted by Crippen LogP contribution is -2.25. The molecule has 0 radical (unpaired) electrons. The lowest BCUT2D eigenvalue weighted by atomic mass is 10.3. The van der Waals surface area contributed by atoms with Crippen LogP contribution in [0.2, 0.25) is 0 Å². The van der Waals surface area contributed by atoms with Crippen LogP contribution in [0.3, 0.4) is 0 Å². The van der Waals surface area contributed by atoms with E-state index >= 15 is 0 Å². The second kappa shape index (κ2) is 5.00. The molecule has 0 aliphatic rings. The van der Waals surface area contributed by atoms with Crippen molar-refractivity contribution in [3.63, 3.8) is 0 Å². The molecule has 0 spiro atoms. The van der Waals surface area contributed by atoms with Gasteiger partial charge in [-0.15, -0.1) is 0 Å². The van der Waals surface area contributed by atoms with E-state index < -0.39 is 12.1 Å². The molecule has 0 aromatic heterocycles. The summed E-state index contributed by atoms with van der Waals surface area (Å²) >= 11 is 3.28. The minimum absolute atomic E-state index is 0.446. The van der Waals surface area contributed by atoms with Gasteiger partial charge in [-0.3, -0.25) is 0 Å². The minimum atomic E-state index is -0.938. The van der Waals surface area contributed by atoms with Crippen molar-refractivity contribution in [1.29, 1.82) is 0 Å². The fourth-order valence-electron chi connectivity index (χ4n) is 1.01. The third kappa shape index (κ3) is 3.03. The zero-order chi connectivity index (χ0) is 10.6. The molecule has 0 amide bonds. The topological polar surface area (TPSA) is 46.5 Å². The van der Waals surface area contributed by atoms with Crippen LogP contribution in [-0.4, -0.2) is 17.2 Å². The van der Waals surface area contributed by atoms with E-state index in [1.807, 2.05) is 6.07 Å². The Balaban J connectivity index is 2.72. The highest BCUT2D eigenvalue weighted by molar-refractivity contribution is 9.10. The first kappa shape index (κ1) is 11.0. The molecule has 1 unspecified atom stereocenters. The molecule has 4 heteroatoms. The second-order valence-electron chi connectivity index (χ2n) is 2.81. The maximum Gasteiger partial charge on any atom is 0.344 e. The van der Waals surface area contributed by atoms with Gasteiger partial charge in [-0.1, -0.05) is 28.9 Å². The molecule has 1 aromatic rings. The van der Waals surface area contributed by atoms with Crippen LogP contribution in [0.15, 0.2) is 28.7 Å². The van der Waals surface area contributed by atoms with Gasteiger partial charge in [-0.2, -0.15) is 0 Å². The molecule has 0 saturated carbocycles. The zero-order valence-electron chi connectivity index (χ0n) is 7.74. The second-order valence-corrected chi connectivity index (χ2v) is 3.73. The molecule has 1 atom stereocenters. The van der Waals surface area contributed by atoms with Crippen molar-refractivity contribution in [2.24, 2.45) is 0 Å². The van der Waals surface area contributed by atoms with Crippen molar-refractivity contribution in [2.45, 2.75) is 19.4 Å². The third-order valence-corrected chi connectivity index (χ3v) is 2.21. The summed E-state index contributed by atoms with van der Waals surface area (Å²) in [6.45, 7) is 1.77. The number of carbonyl (C=O) groups is 1. The average Bonchev–Trinajstić information content (AvgIpc) is 2.14. The Labute approximate surface area is 90.8 Å². The highest BCUT2D eigenvalue weighted by Crippen LogP contribution is 2.19. The van der Waals surface area contributed by atoms with Crippen molar-refractivity contribution >= 4 is 21.9 Å². The van der Waals surface area contributed by atoms with E-state index in [9.17, 15) is 4.79 Å². The maximum absolute atomic E-state index is 10.7. The number of benzene rings is 1. The summed E-state index contributed by atoms with van der Waals surface area (Å²) in [5, 5.41) is 8.77.